The monoisotopic (exact) mass is 452 g/mol. The van der Waals surface area contributed by atoms with Gasteiger partial charge in [0.1, 0.15) is 5.75 Å². The first kappa shape index (κ1) is 22.6. The molecule has 3 aromatic rings. The van der Waals surface area contributed by atoms with Crippen LogP contribution in [0.3, 0.4) is 0 Å². The van der Waals surface area contributed by atoms with Crippen molar-refractivity contribution in [2.24, 2.45) is 0 Å². The predicted molar refractivity (Wildman–Crippen MR) is 122 cm³/mol. The number of anilines is 1. The van der Waals surface area contributed by atoms with E-state index in [9.17, 15) is 18.0 Å². The maximum atomic E-state index is 12.9. The van der Waals surface area contributed by atoms with Crippen molar-refractivity contribution in [2.75, 3.05) is 18.4 Å². The molecule has 0 radical (unpaired) electrons. The number of ether oxygens (including phenoxy) is 1. The lowest BCUT2D eigenvalue weighted by atomic mass is 9.99. The van der Waals surface area contributed by atoms with Crippen LogP contribution >= 0.6 is 0 Å². The molecule has 1 amide bonds. The maximum absolute atomic E-state index is 12.9. The summed E-state index contributed by atoms with van der Waals surface area (Å²) >= 11 is 0. The Balaban J connectivity index is 1.46. The highest BCUT2D eigenvalue weighted by molar-refractivity contribution is 5.88. The Hall–Kier alpha value is -3.58. The van der Waals surface area contributed by atoms with Crippen molar-refractivity contribution < 1.29 is 22.7 Å². The summed E-state index contributed by atoms with van der Waals surface area (Å²) in [5.74, 6) is 0.257. The van der Waals surface area contributed by atoms with Gasteiger partial charge in [-0.1, -0.05) is 42.5 Å². The molecule has 0 saturated carbocycles. The van der Waals surface area contributed by atoms with Gasteiger partial charge in [-0.25, -0.2) is 4.79 Å². The van der Waals surface area contributed by atoms with Crippen molar-refractivity contribution >= 4 is 11.8 Å². The van der Waals surface area contributed by atoms with Crippen molar-refractivity contribution in [3.63, 3.8) is 0 Å². The number of nitrogens with zero attached hydrogens (tertiary/aromatic N) is 1. The normalized spacial score (nSPS) is 13.8. The molecule has 3 aromatic carbocycles. The Morgan fingerprint density at radius 2 is 1.82 bits per heavy atom. The van der Waals surface area contributed by atoms with Crippen LogP contribution in [0, 0.1) is 0 Å². The second-order valence-corrected chi connectivity index (χ2v) is 7.84. The zero-order valence-electron chi connectivity index (χ0n) is 17.9. The first-order valence-electron chi connectivity index (χ1n) is 10.5. The SMILES string of the molecule is C=CCN1CCc2cc(NC(=O)Oc3ccccc3-c3ccc(C(F)(F)F)cc3)ccc2C1. The van der Waals surface area contributed by atoms with E-state index < -0.39 is 17.8 Å². The molecule has 4 nitrogen and oxygen atoms in total. The molecule has 1 aliphatic heterocycles. The van der Waals surface area contributed by atoms with Gasteiger partial charge in [0.15, 0.2) is 0 Å². The molecule has 0 saturated heterocycles. The number of hydrogen-bond acceptors (Lipinski definition) is 3. The summed E-state index contributed by atoms with van der Waals surface area (Å²) in [6.07, 6.45) is -2.31. The number of benzene rings is 3. The third-order valence-electron chi connectivity index (χ3n) is 5.54. The Kier molecular flexibility index (Phi) is 6.51. The van der Waals surface area contributed by atoms with Gasteiger partial charge in [-0.3, -0.25) is 10.2 Å². The van der Waals surface area contributed by atoms with Gasteiger partial charge < -0.3 is 4.74 Å². The van der Waals surface area contributed by atoms with E-state index in [-0.39, 0.29) is 5.75 Å². The third-order valence-corrected chi connectivity index (χ3v) is 5.54. The number of alkyl halides is 3. The molecule has 0 aliphatic carbocycles. The predicted octanol–water partition coefficient (Wildman–Crippen LogP) is 6.53. The minimum atomic E-state index is -4.41. The number of carbonyl (C=O) groups is 1. The molecule has 0 unspecified atom stereocenters. The fourth-order valence-electron chi connectivity index (χ4n) is 3.90. The fraction of sp³-hybridized carbons (Fsp3) is 0.192. The average Bonchev–Trinajstić information content (AvgIpc) is 2.79. The molecule has 0 atom stereocenters. The van der Waals surface area contributed by atoms with Crippen LogP contribution < -0.4 is 10.1 Å². The average molecular weight is 452 g/mol. The van der Waals surface area contributed by atoms with E-state index in [0.29, 0.717) is 16.8 Å². The Morgan fingerprint density at radius 3 is 2.55 bits per heavy atom. The smallest absolute Gasteiger partial charge is 0.409 e. The standard InChI is InChI=1S/C26H23F3N2O2/c1-2-14-31-15-13-19-16-22(12-9-20(19)17-31)30-25(32)33-24-6-4-3-5-23(24)18-7-10-21(11-8-18)26(27,28)29/h2-12,16H,1,13-15,17H2,(H,30,32). The van der Waals surface area contributed by atoms with E-state index in [2.05, 4.69) is 16.8 Å². The van der Waals surface area contributed by atoms with Crippen molar-refractivity contribution in [1.29, 1.82) is 0 Å². The van der Waals surface area contributed by atoms with Gasteiger partial charge in [-0.2, -0.15) is 13.2 Å². The zero-order chi connectivity index (χ0) is 23.4. The van der Waals surface area contributed by atoms with Gasteiger partial charge in [0.2, 0.25) is 0 Å². The molecule has 170 valence electrons. The minimum Gasteiger partial charge on any atom is -0.409 e. The molecule has 1 heterocycles. The molecule has 33 heavy (non-hydrogen) atoms. The van der Waals surface area contributed by atoms with Crippen LogP contribution in [-0.4, -0.2) is 24.1 Å². The van der Waals surface area contributed by atoms with Crippen molar-refractivity contribution in [3.05, 3.63) is 96.1 Å². The number of carbonyl (C=O) groups excluding carboxylic acids is 1. The van der Waals surface area contributed by atoms with E-state index in [1.54, 1.807) is 24.3 Å². The lowest BCUT2D eigenvalue weighted by Crippen LogP contribution is -2.30. The summed E-state index contributed by atoms with van der Waals surface area (Å²) < 4.78 is 44.1. The van der Waals surface area contributed by atoms with Crippen LogP contribution in [-0.2, 0) is 19.1 Å². The highest BCUT2D eigenvalue weighted by atomic mass is 19.4. The summed E-state index contributed by atoms with van der Waals surface area (Å²) in [7, 11) is 0. The molecule has 0 spiro atoms. The number of fused-ring (bicyclic) bond motifs is 1. The Morgan fingerprint density at radius 1 is 1.06 bits per heavy atom. The van der Waals surface area contributed by atoms with Crippen molar-refractivity contribution in [3.8, 4) is 16.9 Å². The second-order valence-electron chi connectivity index (χ2n) is 7.84. The van der Waals surface area contributed by atoms with Crippen molar-refractivity contribution in [2.45, 2.75) is 19.1 Å². The number of amides is 1. The number of rotatable bonds is 5. The van der Waals surface area contributed by atoms with E-state index >= 15 is 0 Å². The number of nitrogens with one attached hydrogen (secondary N) is 1. The van der Waals surface area contributed by atoms with Gasteiger partial charge in [0.05, 0.1) is 5.56 Å². The summed E-state index contributed by atoms with van der Waals surface area (Å²) in [6, 6.07) is 17.3. The van der Waals surface area contributed by atoms with E-state index in [0.717, 1.165) is 38.2 Å². The molecule has 4 rings (SSSR count). The highest BCUT2D eigenvalue weighted by Gasteiger charge is 2.30. The molecule has 0 bridgehead atoms. The largest absolute Gasteiger partial charge is 0.417 e. The number of para-hydroxylation sites is 1. The Bertz CT molecular complexity index is 1160. The van der Waals surface area contributed by atoms with E-state index in [1.165, 1.54) is 23.3 Å². The van der Waals surface area contributed by atoms with Gasteiger partial charge in [0, 0.05) is 30.9 Å². The third kappa shape index (κ3) is 5.43. The van der Waals surface area contributed by atoms with Gasteiger partial charge in [-0.15, -0.1) is 6.58 Å². The van der Waals surface area contributed by atoms with Crippen LogP contribution in [0.5, 0.6) is 5.75 Å². The van der Waals surface area contributed by atoms with Gasteiger partial charge in [0.25, 0.3) is 0 Å². The van der Waals surface area contributed by atoms with Crippen LogP contribution in [0.15, 0.2) is 79.4 Å². The molecule has 1 N–H and O–H groups in total. The van der Waals surface area contributed by atoms with Gasteiger partial charge >= 0.3 is 12.3 Å². The molecule has 7 heteroatoms. The Labute approximate surface area is 190 Å². The number of hydrogen-bond donors (Lipinski definition) is 1. The van der Waals surface area contributed by atoms with Crippen molar-refractivity contribution in [1.82, 2.24) is 4.90 Å². The first-order valence-corrected chi connectivity index (χ1v) is 10.5. The van der Waals surface area contributed by atoms with E-state index in [1.807, 2.05) is 24.3 Å². The lowest BCUT2D eigenvalue weighted by Gasteiger charge is -2.28. The summed E-state index contributed by atoms with van der Waals surface area (Å²) in [6.45, 7) is 6.38. The topological polar surface area (TPSA) is 41.6 Å². The molecule has 1 aliphatic rings. The van der Waals surface area contributed by atoms with Crippen LogP contribution in [0.2, 0.25) is 0 Å². The van der Waals surface area contributed by atoms with Crippen LogP contribution in [0.4, 0.5) is 23.7 Å². The fourth-order valence-corrected chi connectivity index (χ4v) is 3.90. The molecular formula is C26H23F3N2O2. The van der Waals surface area contributed by atoms with Crippen LogP contribution in [0.1, 0.15) is 16.7 Å². The molecule has 0 aromatic heterocycles. The maximum Gasteiger partial charge on any atom is 0.417 e. The highest BCUT2D eigenvalue weighted by Crippen LogP contribution is 2.34. The number of halogens is 3. The summed E-state index contributed by atoms with van der Waals surface area (Å²) in [4.78, 5) is 14.9. The molecular weight excluding hydrogens is 429 g/mol. The second kappa shape index (κ2) is 9.50. The molecule has 0 fully saturated rings. The summed E-state index contributed by atoms with van der Waals surface area (Å²) in [5.41, 5.74) is 3.33. The zero-order valence-corrected chi connectivity index (χ0v) is 17.9. The van der Waals surface area contributed by atoms with Gasteiger partial charge in [-0.05, 0) is 53.4 Å². The minimum absolute atomic E-state index is 0.257. The summed E-state index contributed by atoms with van der Waals surface area (Å²) in [5, 5.41) is 2.74. The quantitative estimate of drug-likeness (QED) is 0.448. The first-order chi connectivity index (χ1) is 15.8. The van der Waals surface area contributed by atoms with E-state index in [4.69, 9.17) is 4.74 Å². The van der Waals surface area contributed by atoms with Crippen LogP contribution in [0.25, 0.3) is 11.1 Å². The lowest BCUT2D eigenvalue weighted by molar-refractivity contribution is -0.137.